The van der Waals surface area contributed by atoms with E-state index in [1.165, 1.54) is 6.07 Å². The van der Waals surface area contributed by atoms with E-state index in [4.69, 9.17) is 16.3 Å². The van der Waals surface area contributed by atoms with Crippen molar-refractivity contribution < 1.29 is 0 Å². The van der Waals surface area contributed by atoms with Crippen LogP contribution < -0.4 is 5.73 Å². The van der Waals surface area contributed by atoms with Gasteiger partial charge in [-0.25, -0.2) is 0 Å². The fourth-order valence-electron chi connectivity index (χ4n) is 1.71. The van der Waals surface area contributed by atoms with Crippen molar-refractivity contribution >= 4 is 17.8 Å². The normalized spacial score (nSPS) is 10.0. The third kappa shape index (κ3) is 2.80. The Morgan fingerprint density at radius 3 is 2.16 bits per heavy atom. The molecule has 0 aliphatic rings. The van der Waals surface area contributed by atoms with Gasteiger partial charge in [-0.1, -0.05) is 42.5 Å². The van der Waals surface area contributed by atoms with Crippen molar-refractivity contribution in [3.05, 3.63) is 64.7 Å². The van der Waals surface area contributed by atoms with E-state index < -0.39 is 0 Å². The second-order valence-corrected chi connectivity index (χ2v) is 3.99. The zero-order valence-corrected chi connectivity index (χ0v) is 10.2. The van der Waals surface area contributed by atoms with Crippen molar-refractivity contribution in [2.75, 3.05) is 5.73 Å². The van der Waals surface area contributed by atoms with Gasteiger partial charge in [0, 0.05) is 5.69 Å². The van der Waals surface area contributed by atoms with E-state index in [1.807, 2.05) is 54.6 Å². The fourth-order valence-corrected chi connectivity index (χ4v) is 1.71. The Labute approximate surface area is 111 Å². The predicted octanol–water partition coefficient (Wildman–Crippen LogP) is 3.18. The number of rotatable bonds is 2. The SMILES string of the molecule is N#Cc1cc(N)c(C=Cc2ccccc2)cc1C#N. The Hall–Kier alpha value is -3.04. The first-order chi connectivity index (χ1) is 9.24. The number of nitrogens with two attached hydrogens (primary N) is 1. The monoisotopic (exact) mass is 245 g/mol. The molecule has 0 aliphatic carbocycles. The van der Waals surface area contributed by atoms with Crippen LogP contribution in [0.25, 0.3) is 12.2 Å². The van der Waals surface area contributed by atoms with Gasteiger partial charge in [-0.05, 0) is 23.3 Å². The van der Waals surface area contributed by atoms with Crippen LogP contribution in [0.3, 0.4) is 0 Å². The summed E-state index contributed by atoms with van der Waals surface area (Å²) < 4.78 is 0. The van der Waals surface area contributed by atoms with Crippen LogP contribution in [0.5, 0.6) is 0 Å². The lowest BCUT2D eigenvalue weighted by Gasteiger charge is -2.03. The molecule has 3 nitrogen and oxygen atoms in total. The van der Waals surface area contributed by atoms with E-state index in [0.717, 1.165) is 11.1 Å². The van der Waals surface area contributed by atoms with E-state index in [1.54, 1.807) is 6.07 Å². The van der Waals surface area contributed by atoms with Gasteiger partial charge in [0.15, 0.2) is 0 Å². The summed E-state index contributed by atoms with van der Waals surface area (Å²) in [5, 5.41) is 17.9. The second-order valence-electron chi connectivity index (χ2n) is 3.99. The van der Waals surface area contributed by atoms with Gasteiger partial charge < -0.3 is 5.73 Å². The third-order valence-electron chi connectivity index (χ3n) is 2.72. The first kappa shape index (κ1) is 12.4. The minimum atomic E-state index is 0.303. The standard InChI is InChI=1S/C16H11N3/c17-10-14-8-13(16(19)9-15(14)11-18)7-6-12-4-2-1-3-5-12/h1-9H,19H2. The molecule has 0 saturated heterocycles. The Kier molecular flexibility index (Phi) is 3.61. The maximum absolute atomic E-state index is 8.98. The van der Waals surface area contributed by atoms with Crippen molar-refractivity contribution in [2.24, 2.45) is 0 Å². The molecule has 90 valence electrons. The summed E-state index contributed by atoms with van der Waals surface area (Å²) in [6, 6.07) is 16.9. The Morgan fingerprint density at radius 2 is 1.53 bits per heavy atom. The van der Waals surface area contributed by atoms with E-state index in [-0.39, 0.29) is 0 Å². The molecule has 0 aromatic heterocycles. The molecule has 0 aliphatic heterocycles. The molecule has 0 radical (unpaired) electrons. The first-order valence-electron chi connectivity index (χ1n) is 5.71. The summed E-state index contributed by atoms with van der Waals surface area (Å²) in [7, 11) is 0. The maximum atomic E-state index is 8.98. The quantitative estimate of drug-likeness (QED) is 0.652. The smallest absolute Gasteiger partial charge is 0.101 e. The van der Waals surface area contributed by atoms with Crippen LogP contribution in [0.2, 0.25) is 0 Å². The minimum absolute atomic E-state index is 0.303. The molecule has 0 amide bonds. The summed E-state index contributed by atoms with van der Waals surface area (Å²) in [6.07, 6.45) is 3.76. The Balaban J connectivity index is 2.40. The van der Waals surface area contributed by atoms with Crippen molar-refractivity contribution in [1.29, 1.82) is 10.5 Å². The molecule has 0 spiro atoms. The summed E-state index contributed by atoms with van der Waals surface area (Å²) in [5.41, 5.74) is 8.78. The lowest BCUT2D eigenvalue weighted by molar-refractivity contribution is 1.42. The summed E-state index contributed by atoms with van der Waals surface area (Å²) in [6.45, 7) is 0. The lowest BCUT2D eigenvalue weighted by Crippen LogP contribution is -1.94. The van der Waals surface area contributed by atoms with Gasteiger partial charge in [-0.3, -0.25) is 0 Å². The van der Waals surface area contributed by atoms with Crippen molar-refractivity contribution in [2.45, 2.75) is 0 Å². The molecular weight excluding hydrogens is 234 g/mol. The number of nitrogen functional groups attached to an aromatic ring is 1. The average Bonchev–Trinajstić information content (AvgIpc) is 2.46. The maximum Gasteiger partial charge on any atom is 0.101 e. The van der Waals surface area contributed by atoms with E-state index in [0.29, 0.717) is 16.8 Å². The van der Waals surface area contributed by atoms with Crippen LogP contribution in [0, 0.1) is 22.7 Å². The zero-order chi connectivity index (χ0) is 13.7. The number of nitrogens with zero attached hydrogens (tertiary/aromatic N) is 2. The average molecular weight is 245 g/mol. The predicted molar refractivity (Wildman–Crippen MR) is 75.7 cm³/mol. The molecule has 0 fully saturated rings. The van der Waals surface area contributed by atoms with Gasteiger partial charge in [0.25, 0.3) is 0 Å². The summed E-state index contributed by atoms with van der Waals surface area (Å²) >= 11 is 0. The van der Waals surface area contributed by atoms with Gasteiger partial charge in [0.2, 0.25) is 0 Å². The molecule has 2 rings (SSSR count). The van der Waals surface area contributed by atoms with Crippen molar-refractivity contribution in [3.63, 3.8) is 0 Å². The van der Waals surface area contributed by atoms with Gasteiger partial charge in [-0.2, -0.15) is 10.5 Å². The molecule has 0 atom stereocenters. The molecule has 2 N–H and O–H groups in total. The number of nitriles is 2. The highest BCUT2D eigenvalue weighted by Crippen LogP contribution is 2.20. The molecule has 2 aromatic carbocycles. The number of anilines is 1. The molecule has 0 unspecified atom stereocenters. The summed E-state index contributed by atoms with van der Waals surface area (Å²) in [4.78, 5) is 0. The van der Waals surface area contributed by atoms with Crippen LogP contribution in [0.4, 0.5) is 5.69 Å². The lowest BCUT2D eigenvalue weighted by atomic mass is 10.0. The zero-order valence-electron chi connectivity index (χ0n) is 10.2. The van der Waals surface area contributed by atoms with Crippen LogP contribution in [0.1, 0.15) is 22.3 Å². The van der Waals surface area contributed by atoms with Crippen LogP contribution in [-0.2, 0) is 0 Å². The fraction of sp³-hybridized carbons (Fsp3) is 0. The summed E-state index contributed by atoms with van der Waals surface area (Å²) in [5.74, 6) is 0. The first-order valence-corrected chi connectivity index (χ1v) is 5.71. The molecule has 19 heavy (non-hydrogen) atoms. The number of hydrogen-bond donors (Lipinski definition) is 1. The van der Waals surface area contributed by atoms with Crippen molar-refractivity contribution in [3.8, 4) is 12.1 Å². The van der Waals surface area contributed by atoms with Crippen LogP contribution in [0.15, 0.2) is 42.5 Å². The molecule has 2 aromatic rings. The molecular formula is C16H11N3. The van der Waals surface area contributed by atoms with E-state index in [2.05, 4.69) is 0 Å². The van der Waals surface area contributed by atoms with E-state index in [9.17, 15) is 0 Å². The van der Waals surface area contributed by atoms with Gasteiger partial charge in [0.05, 0.1) is 11.1 Å². The highest BCUT2D eigenvalue weighted by molar-refractivity contribution is 5.77. The highest BCUT2D eigenvalue weighted by Gasteiger charge is 2.05. The Morgan fingerprint density at radius 1 is 0.895 bits per heavy atom. The molecule has 3 heteroatoms. The molecule has 0 saturated carbocycles. The second kappa shape index (κ2) is 5.53. The van der Waals surface area contributed by atoms with Gasteiger partial charge >= 0.3 is 0 Å². The van der Waals surface area contributed by atoms with Gasteiger partial charge in [-0.15, -0.1) is 0 Å². The van der Waals surface area contributed by atoms with Crippen molar-refractivity contribution in [1.82, 2.24) is 0 Å². The topological polar surface area (TPSA) is 73.6 Å². The van der Waals surface area contributed by atoms with Gasteiger partial charge in [0.1, 0.15) is 12.1 Å². The largest absolute Gasteiger partial charge is 0.398 e. The van der Waals surface area contributed by atoms with E-state index >= 15 is 0 Å². The highest BCUT2D eigenvalue weighted by atomic mass is 14.6. The molecule has 0 bridgehead atoms. The molecule has 0 heterocycles. The minimum Gasteiger partial charge on any atom is -0.398 e. The Bertz CT molecular complexity index is 701. The third-order valence-corrected chi connectivity index (χ3v) is 2.72. The number of benzene rings is 2. The number of hydrogen-bond acceptors (Lipinski definition) is 3. The van der Waals surface area contributed by atoms with Crippen LogP contribution >= 0.6 is 0 Å². The van der Waals surface area contributed by atoms with Crippen LogP contribution in [-0.4, -0.2) is 0 Å².